The van der Waals surface area contributed by atoms with Crippen LogP contribution in [-0.4, -0.2) is 17.2 Å². The van der Waals surface area contributed by atoms with Gasteiger partial charge in [0.1, 0.15) is 19.2 Å². The van der Waals surface area contributed by atoms with Crippen molar-refractivity contribution in [1.82, 2.24) is 9.13 Å². The number of aromatic nitrogens is 2. The Balaban J connectivity index is 0.964. The molecule has 0 aliphatic heterocycles. The lowest BCUT2D eigenvalue weighted by Gasteiger charge is -2.25. The summed E-state index contributed by atoms with van der Waals surface area (Å²) in [4.78, 5) is 0. The number of hydrogen-bond donors (Lipinski definition) is 0. The van der Waals surface area contributed by atoms with Gasteiger partial charge in [0, 0.05) is 43.7 Å². The van der Waals surface area contributed by atoms with Gasteiger partial charge in [-0.05, 0) is 89.3 Å². The summed E-state index contributed by atoms with van der Waals surface area (Å²) in [6, 6.07) is 62.9. The Morgan fingerprint density at radius 3 is 1.40 bits per heavy atom. The lowest BCUT2D eigenvalue weighted by Crippen LogP contribution is -2.52. The number of benzene rings is 8. The summed E-state index contributed by atoms with van der Waals surface area (Å²) in [5.41, 5.74) is 14.7. The molecule has 0 N–H and O–H groups in total. The molecule has 0 bridgehead atoms. The SMILES string of the molecule is C[Si](C)(c1ccc2c(c1)-c1cc(-n3c4ccccc4c4ccccc43)ccc1C2)c1ccc2oc3ccc(-n4c5ccccc5c5ccccc54)cc3c2c1. The Kier molecular flexibility index (Phi) is 6.27. The Morgan fingerprint density at radius 2 is 0.818 bits per heavy atom. The molecule has 12 rings (SSSR count). The Morgan fingerprint density at radius 1 is 0.400 bits per heavy atom. The smallest absolute Gasteiger partial charge is 0.135 e. The van der Waals surface area contributed by atoms with Gasteiger partial charge in [-0.2, -0.15) is 0 Å². The molecule has 1 aliphatic rings. The molecule has 0 fully saturated rings. The van der Waals surface area contributed by atoms with Crippen LogP contribution in [0.25, 0.3) is 88.1 Å². The molecule has 260 valence electrons. The molecule has 0 radical (unpaired) electrons. The number of rotatable bonds is 4. The van der Waals surface area contributed by atoms with Crippen LogP contribution in [0.5, 0.6) is 0 Å². The molecule has 4 heteroatoms. The molecule has 0 amide bonds. The van der Waals surface area contributed by atoms with Crippen LogP contribution in [0.15, 0.2) is 174 Å². The van der Waals surface area contributed by atoms with E-state index in [9.17, 15) is 0 Å². The molecule has 0 unspecified atom stereocenters. The van der Waals surface area contributed by atoms with Crippen molar-refractivity contribution in [2.75, 3.05) is 0 Å². The minimum absolute atomic E-state index is 0.921. The minimum Gasteiger partial charge on any atom is -0.456 e. The monoisotopic (exact) mass is 720 g/mol. The first-order valence-electron chi connectivity index (χ1n) is 19.2. The van der Waals surface area contributed by atoms with Crippen molar-refractivity contribution in [2.24, 2.45) is 0 Å². The van der Waals surface area contributed by atoms with Crippen LogP contribution >= 0.6 is 0 Å². The molecule has 3 nitrogen and oxygen atoms in total. The predicted octanol–water partition coefficient (Wildman–Crippen LogP) is 12.2. The highest BCUT2D eigenvalue weighted by atomic mass is 28.3. The zero-order valence-corrected chi connectivity index (χ0v) is 31.7. The number of para-hydroxylation sites is 4. The van der Waals surface area contributed by atoms with Crippen molar-refractivity contribution in [3.63, 3.8) is 0 Å². The fraction of sp³-hybridized carbons (Fsp3) is 0.0588. The van der Waals surface area contributed by atoms with E-state index < -0.39 is 8.07 Å². The van der Waals surface area contributed by atoms with Crippen molar-refractivity contribution in [1.29, 1.82) is 0 Å². The first-order chi connectivity index (χ1) is 27.0. The number of fused-ring (bicyclic) bond motifs is 12. The Labute approximate surface area is 319 Å². The molecule has 0 spiro atoms. The van der Waals surface area contributed by atoms with Crippen LogP contribution in [0, 0.1) is 0 Å². The maximum absolute atomic E-state index is 6.47. The van der Waals surface area contributed by atoms with Gasteiger partial charge >= 0.3 is 0 Å². The molecular weight excluding hydrogens is 685 g/mol. The van der Waals surface area contributed by atoms with Gasteiger partial charge in [-0.15, -0.1) is 0 Å². The van der Waals surface area contributed by atoms with E-state index in [2.05, 4.69) is 192 Å². The molecular formula is C51H36N2OSi. The largest absolute Gasteiger partial charge is 0.456 e. The van der Waals surface area contributed by atoms with Gasteiger partial charge in [-0.1, -0.05) is 133 Å². The van der Waals surface area contributed by atoms with E-state index in [1.165, 1.54) is 87.3 Å². The third kappa shape index (κ3) is 4.37. The summed E-state index contributed by atoms with van der Waals surface area (Å²) in [6.45, 7) is 4.98. The quantitative estimate of drug-likeness (QED) is 0.166. The first-order valence-corrected chi connectivity index (χ1v) is 22.2. The molecule has 1 aliphatic carbocycles. The lowest BCUT2D eigenvalue weighted by atomic mass is 10.0. The van der Waals surface area contributed by atoms with E-state index in [0.29, 0.717) is 0 Å². The summed E-state index contributed by atoms with van der Waals surface area (Å²) < 4.78 is 11.3. The van der Waals surface area contributed by atoms with E-state index in [1.807, 2.05) is 0 Å². The van der Waals surface area contributed by atoms with Gasteiger partial charge in [0.2, 0.25) is 0 Å². The van der Waals surface area contributed by atoms with E-state index in [0.717, 1.165) is 28.7 Å². The van der Waals surface area contributed by atoms with Crippen LogP contribution < -0.4 is 10.4 Å². The Bertz CT molecular complexity index is 3290. The molecule has 0 saturated heterocycles. The lowest BCUT2D eigenvalue weighted by molar-refractivity contribution is 0.669. The summed E-state index contributed by atoms with van der Waals surface area (Å²) >= 11 is 0. The normalized spacial score (nSPS) is 12.8. The van der Waals surface area contributed by atoms with Gasteiger partial charge in [-0.3, -0.25) is 0 Å². The van der Waals surface area contributed by atoms with Gasteiger partial charge < -0.3 is 13.6 Å². The number of furan rings is 1. The van der Waals surface area contributed by atoms with E-state index in [4.69, 9.17) is 4.42 Å². The number of hydrogen-bond acceptors (Lipinski definition) is 1. The third-order valence-electron chi connectivity index (χ3n) is 12.4. The molecule has 3 heterocycles. The van der Waals surface area contributed by atoms with Gasteiger partial charge in [-0.25, -0.2) is 0 Å². The summed E-state index contributed by atoms with van der Waals surface area (Å²) in [6.07, 6.45) is 0.974. The second kappa shape index (κ2) is 11.2. The maximum atomic E-state index is 6.47. The van der Waals surface area contributed by atoms with Crippen molar-refractivity contribution >= 4 is 84.0 Å². The van der Waals surface area contributed by atoms with Crippen LogP contribution in [0.2, 0.25) is 13.1 Å². The molecule has 0 atom stereocenters. The zero-order valence-electron chi connectivity index (χ0n) is 30.7. The summed E-state index contributed by atoms with van der Waals surface area (Å²) in [5, 5.41) is 10.3. The highest BCUT2D eigenvalue weighted by Crippen LogP contribution is 2.40. The highest BCUT2D eigenvalue weighted by Gasteiger charge is 2.30. The highest BCUT2D eigenvalue weighted by molar-refractivity contribution is 7.00. The van der Waals surface area contributed by atoms with E-state index >= 15 is 0 Å². The maximum Gasteiger partial charge on any atom is 0.135 e. The van der Waals surface area contributed by atoms with E-state index in [1.54, 1.807) is 0 Å². The Hall–Kier alpha value is -6.62. The topological polar surface area (TPSA) is 23.0 Å². The molecule has 3 aromatic heterocycles. The van der Waals surface area contributed by atoms with Crippen LogP contribution in [0.3, 0.4) is 0 Å². The predicted molar refractivity (Wildman–Crippen MR) is 234 cm³/mol. The first kappa shape index (κ1) is 30.8. The van der Waals surface area contributed by atoms with Crippen molar-refractivity contribution in [3.05, 3.63) is 181 Å². The molecule has 8 aromatic carbocycles. The second-order valence-corrected chi connectivity index (χ2v) is 20.2. The fourth-order valence-electron chi connectivity index (χ4n) is 9.54. The van der Waals surface area contributed by atoms with Gasteiger partial charge in [0.05, 0.1) is 22.1 Å². The number of nitrogens with zero attached hydrogens (tertiary/aromatic N) is 2. The molecule has 0 saturated carbocycles. The standard InChI is InChI=1S/C51H36N2OSi/c1-55(2,36-23-20-33-27-32-19-21-34(28-42(32)43(33)30-36)52-46-15-7-3-11-38(46)39-12-4-8-16-47(39)52)37-24-26-51-45(31-37)44-29-35(22-25-50(44)54-51)53-48-17-9-5-13-40(48)41-14-6-10-18-49(41)53/h3-26,28-31H,27H2,1-2H3. The zero-order chi connectivity index (χ0) is 36.4. The third-order valence-corrected chi connectivity index (χ3v) is 16.0. The fourth-order valence-corrected chi connectivity index (χ4v) is 11.9. The van der Waals surface area contributed by atoms with Crippen molar-refractivity contribution in [2.45, 2.75) is 19.5 Å². The van der Waals surface area contributed by atoms with Crippen LogP contribution in [0.1, 0.15) is 11.1 Å². The summed E-state index contributed by atoms with van der Waals surface area (Å²) in [7, 11) is -2.13. The van der Waals surface area contributed by atoms with Crippen molar-refractivity contribution < 1.29 is 4.42 Å². The second-order valence-electron chi connectivity index (χ2n) is 15.7. The van der Waals surface area contributed by atoms with Crippen LogP contribution in [0.4, 0.5) is 0 Å². The van der Waals surface area contributed by atoms with Gasteiger partial charge in [0.15, 0.2) is 0 Å². The van der Waals surface area contributed by atoms with Crippen molar-refractivity contribution in [3.8, 4) is 22.5 Å². The summed E-state index contributed by atoms with van der Waals surface area (Å²) in [5.74, 6) is 0. The van der Waals surface area contributed by atoms with Crippen LogP contribution in [-0.2, 0) is 6.42 Å². The van der Waals surface area contributed by atoms with E-state index in [-0.39, 0.29) is 0 Å². The molecule has 55 heavy (non-hydrogen) atoms. The molecule has 11 aromatic rings. The average molecular weight is 721 g/mol. The average Bonchev–Trinajstić information content (AvgIpc) is 3.97. The minimum atomic E-state index is -2.13. The van der Waals surface area contributed by atoms with Gasteiger partial charge in [0.25, 0.3) is 0 Å².